The van der Waals surface area contributed by atoms with Crippen LogP contribution in [0.5, 0.6) is 17.2 Å². The normalized spacial score (nSPS) is 10.5. The Kier molecular flexibility index (Phi) is 9.95. The molecule has 6 nitrogen and oxygen atoms in total. The number of halogens is 2. The van der Waals surface area contributed by atoms with E-state index in [1.54, 1.807) is 26.4 Å². The van der Waals surface area contributed by atoms with Crippen molar-refractivity contribution < 1.29 is 23.8 Å². The van der Waals surface area contributed by atoms with Crippen LogP contribution in [0.4, 0.5) is 5.69 Å². The van der Waals surface area contributed by atoms with Gasteiger partial charge in [-0.25, -0.2) is 0 Å². The van der Waals surface area contributed by atoms with Gasteiger partial charge in [0.2, 0.25) is 5.91 Å². The fourth-order valence-corrected chi connectivity index (χ4v) is 3.40. The number of hydrogen-bond donors (Lipinski definition) is 1. The highest BCUT2D eigenvalue weighted by Gasteiger charge is 2.15. The van der Waals surface area contributed by atoms with Crippen LogP contribution < -0.4 is 19.5 Å². The Bertz CT molecular complexity index is 917. The molecule has 0 aliphatic heterocycles. The SMILES string of the molecule is COc1ccc(CCOc2cc(NC(C)=O)c(Cl)cc2CC(=O)CCCCl)cc1OC. The fourth-order valence-electron chi connectivity index (χ4n) is 3.03. The number of nitrogens with one attached hydrogen (secondary N) is 1. The van der Waals surface area contributed by atoms with Gasteiger partial charge < -0.3 is 19.5 Å². The van der Waals surface area contributed by atoms with Crippen molar-refractivity contribution in [2.45, 2.75) is 32.6 Å². The third-order valence-electron chi connectivity index (χ3n) is 4.53. The lowest BCUT2D eigenvalue weighted by Gasteiger charge is -2.15. The first-order valence-corrected chi connectivity index (χ1v) is 10.8. The summed E-state index contributed by atoms with van der Waals surface area (Å²) in [6.45, 7) is 1.76. The maximum atomic E-state index is 12.3. The maximum Gasteiger partial charge on any atom is 0.221 e. The van der Waals surface area contributed by atoms with Gasteiger partial charge in [0.05, 0.1) is 31.5 Å². The highest BCUT2D eigenvalue weighted by Crippen LogP contribution is 2.32. The van der Waals surface area contributed by atoms with Gasteiger partial charge in [-0.05, 0) is 30.2 Å². The van der Waals surface area contributed by atoms with Crippen molar-refractivity contribution in [2.24, 2.45) is 0 Å². The van der Waals surface area contributed by atoms with Gasteiger partial charge in [-0.3, -0.25) is 9.59 Å². The molecule has 0 heterocycles. The van der Waals surface area contributed by atoms with Gasteiger partial charge >= 0.3 is 0 Å². The van der Waals surface area contributed by atoms with E-state index in [-0.39, 0.29) is 18.1 Å². The Morgan fingerprint density at radius 1 is 1.03 bits per heavy atom. The van der Waals surface area contributed by atoms with E-state index in [1.807, 2.05) is 18.2 Å². The molecule has 1 N–H and O–H groups in total. The van der Waals surface area contributed by atoms with E-state index in [2.05, 4.69) is 5.32 Å². The second-order valence-corrected chi connectivity index (χ2v) is 7.70. The van der Waals surface area contributed by atoms with Crippen LogP contribution in [0.2, 0.25) is 5.02 Å². The third-order valence-corrected chi connectivity index (χ3v) is 5.11. The van der Waals surface area contributed by atoms with Crippen molar-refractivity contribution in [3.8, 4) is 17.2 Å². The van der Waals surface area contributed by atoms with Gasteiger partial charge in [0.1, 0.15) is 11.5 Å². The Hall–Kier alpha value is -2.44. The zero-order valence-electron chi connectivity index (χ0n) is 17.9. The number of ketones is 1. The lowest BCUT2D eigenvalue weighted by molar-refractivity contribution is -0.118. The zero-order valence-corrected chi connectivity index (χ0v) is 19.4. The topological polar surface area (TPSA) is 73.9 Å². The van der Waals surface area contributed by atoms with Gasteiger partial charge in [0, 0.05) is 43.7 Å². The number of ether oxygens (including phenoxy) is 3. The predicted molar refractivity (Wildman–Crippen MR) is 123 cm³/mol. The van der Waals surface area contributed by atoms with E-state index < -0.39 is 0 Å². The van der Waals surface area contributed by atoms with Crippen molar-refractivity contribution in [2.75, 3.05) is 32.0 Å². The minimum absolute atomic E-state index is 0.0498. The van der Waals surface area contributed by atoms with Crippen molar-refractivity contribution in [1.29, 1.82) is 0 Å². The van der Waals surface area contributed by atoms with E-state index in [0.717, 1.165) is 5.56 Å². The van der Waals surface area contributed by atoms with Crippen LogP contribution >= 0.6 is 23.2 Å². The highest BCUT2D eigenvalue weighted by atomic mass is 35.5. The van der Waals surface area contributed by atoms with Gasteiger partial charge in [0.15, 0.2) is 11.5 Å². The summed E-state index contributed by atoms with van der Waals surface area (Å²) in [6, 6.07) is 8.99. The van der Waals surface area contributed by atoms with Crippen molar-refractivity contribution >= 4 is 40.6 Å². The number of benzene rings is 2. The molecular formula is C23H27Cl2NO5. The van der Waals surface area contributed by atoms with Crippen LogP contribution in [0, 0.1) is 0 Å². The molecule has 0 saturated carbocycles. The number of hydrogen-bond acceptors (Lipinski definition) is 5. The van der Waals surface area contributed by atoms with E-state index in [1.165, 1.54) is 6.92 Å². The third kappa shape index (κ3) is 7.64. The van der Waals surface area contributed by atoms with Gasteiger partial charge in [-0.1, -0.05) is 17.7 Å². The second kappa shape index (κ2) is 12.4. The van der Waals surface area contributed by atoms with E-state index >= 15 is 0 Å². The first-order valence-electron chi connectivity index (χ1n) is 9.89. The Labute approximate surface area is 192 Å². The summed E-state index contributed by atoms with van der Waals surface area (Å²) >= 11 is 12.0. The molecule has 0 spiro atoms. The molecule has 0 aliphatic rings. The molecule has 0 aliphatic carbocycles. The molecule has 31 heavy (non-hydrogen) atoms. The molecule has 0 atom stereocenters. The molecular weight excluding hydrogens is 441 g/mol. The summed E-state index contributed by atoms with van der Waals surface area (Å²) in [5.41, 5.74) is 2.12. The van der Waals surface area contributed by atoms with Gasteiger partial charge in [-0.2, -0.15) is 0 Å². The summed E-state index contributed by atoms with van der Waals surface area (Å²) in [7, 11) is 3.17. The average molecular weight is 468 g/mol. The molecule has 168 valence electrons. The van der Waals surface area contributed by atoms with Crippen LogP contribution in [-0.2, 0) is 22.4 Å². The minimum Gasteiger partial charge on any atom is -0.493 e. The van der Waals surface area contributed by atoms with Crippen LogP contribution in [-0.4, -0.2) is 38.4 Å². The molecule has 8 heteroatoms. The second-order valence-electron chi connectivity index (χ2n) is 6.92. The number of carbonyl (C=O) groups excluding carboxylic acids is 2. The quantitative estimate of drug-likeness (QED) is 0.441. The summed E-state index contributed by atoms with van der Waals surface area (Å²) < 4.78 is 16.6. The number of alkyl halides is 1. The van der Waals surface area contributed by atoms with Crippen molar-refractivity contribution in [3.63, 3.8) is 0 Å². The smallest absolute Gasteiger partial charge is 0.221 e. The number of Topliss-reactive ketones (excluding diaryl/α,β-unsaturated/α-hetero) is 1. The zero-order chi connectivity index (χ0) is 22.8. The maximum absolute atomic E-state index is 12.3. The number of rotatable bonds is 12. The molecule has 0 fully saturated rings. The standard InChI is InChI=1S/C23H27Cl2NO5/c1-15(27)26-20-14-22(17(13-19(20)25)12-18(28)5-4-9-24)31-10-8-16-6-7-21(29-2)23(11-16)30-3/h6-7,11,13-14H,4-5,8-10,12H2,1-3H3,(H,26,27). The van der Waals surface area contributed by atoms with Gasteiger partial charge in [-0.15, -0.1) is 11.6 Å². The molecule has 0 saturated heterocycles. The monoisotopic (exact) mass is 467 g/mol. The number of methoxy groups -OCH3 is 2. The minimum atomic E-state index is -0.246. The first-order chi connectivity index (χ1) is 14.9. The fraction of sp³-hybridized carbons (Fsp3) is 0.391. The summed E-state index contributed by atoms with van der Waals surface area (Å²) in [4.78, 5) is 23.7. The molecule has 0 aromatic heterocycles. The van der Waals surface area contributed by atoms with Crippen LogP contribution in [0.1, 0.15) is 30.9 Å². The van der Waals surface area contributed by atoms with E-state index in [4.69, 9.17) is 37.4 Å². The van der Waals surface area contributed by atoms with Crippen LogP contribution in [0.3, 0.4) is 0 Å². The lowest BCUT2D eigenvalue weighted by atomic mass is 10.0. The molecule has 1 amide bonds. The Morgan fingerprint density at radius 2 is 1.77 bits per heavy atom. The average Bonchev–Trinajstić information content (AvgIpc) is 2.74. The molecule has 0 bridgehead atoms. The number of anilines is 1. The summed E-state index contributed by atoms with van der Waals surface area (Å²) in [5.74, 6) is 2.04. The number of amides is 1. The van der Waals surface area contributed by atoms with E-state index in [0.29, 0.717) is 65.3 Å². The van der Waals surface area contributed by atoms with E-state index in [9.17, 15) is 9.59 Å². The largest absolute Gasteiger partial charge is 0.493 e. The van der Waals surface area contributed by atoms with Crippen molar-refractivity contribution in [1.82, 2.24) is 0 Å². The summed E-state index contributed by atoms with van der Waals surface area (Å²) in [5, 5.41) is 3.03. The molecule has 0 unspecified atom stereocenters. The lowest BCUT2D eigenvalue weighted by Crippen LogP contribution is -2.10. The Morgan fingerprint density at radius 3 is 2.42 bits per heavy atom. The molecule has 2 aromatic rings. The summed E-state index contributed by atoms with van der Waals surface area (Å²) in [6.07, 6.45) is 1.80. The van der Waals surface area contributed by atoms with Crippen molar-refractivity contribution in [3.05, 3.63) is 46.5 Å². The predicted octanol–water partition coefficient (Wildman–Crippen LogP) is 5.07. The molecule has 0 radical (unpaired) electrons. The highest BCUT2D eigenvalue weighted by molar-refractivity contribution is 6.33. The Balaban J connectivity index is 2.17. The molecule has 2 rings (SSSR count). The van der Waals surface area contributed by atoms with Crippen LogP contribution in [0.25, 0.3) is 0 Å². The van der Waals surface area contributed by atoms with Gasteiger partial charge in [0.25, 0.3) is 0 Å². The number of carbonyl (C=O) groups is 2. The van der Waals surface area contributed by atoms with Crippen LogP contribution in [0.15, 0.2) is 30.3 Å². The molecule has 2 aromatic carbocycles. The first kappa shape index (κ1) is 24.8.